The van der Waals surface area contributed by atoms with Gasteiger partial charge in [0.05, 0.1) is 39.9 Å². The first-order chi connectivity index (χ1) is 25.4. The third kappa shape index (κ3) is 6.73. The van der Waals surface area contributed by atoms with E-state index < -0.39 is 58.2 Å². The van der Waals surface area contributed by atoms with Crippen molar-refractivity contribution >= 4 is 36.5 Å². The number of nitrogens with zero attached hydrogens (tertiary/aromatic N) is 4. The first-order valence-electron chi connectivity index (χ1n) is 17.9. The second kappa shape index (κ2) is 13.4. The Kier molecular flexibility index (Phi) is 9.35. The minimum atomic E-state index is -4.77. The highest BCUT2D eigenvalue weighted by Gasteiger charge is 2.51. The number of rotatable bonds is 4. The maximum atomic E-state index is 16.0. The van der Waals surface area contributed by atoms with E-state index in [1.807, 2.05) is 39.0 Å². The zero-order chi connectivity index (χ0) is 38.8. The Morgan fingerprint density at radius 1 is 1.00 bits per heavy atom. The van der Waals surface area contributed by atoms with Crippen LogP contribution in [0.25, 0.3) is 22.4 Å². The number of halogens is 2. The molecule has 11 nitrogen and oxygen atoms in total. The van der Waals surface area contributed by atoms with Gasteiger partial charge in [0, 0.05) is 24.8 Å². The Morgan fingerprint density at radius 3 is 2.48 bits per heavy atom. The van der Waals surface area contributed by atoms with Gasteiger partial charge in [-0.05, 0) is 85.8 Å². The summed E-state index contributed by atoms with van der Waals surface area (Å²) in [6, 6.07) is 11.8. The van der Waals surface area contributed by atoms with Gasteiger partial charge in [0.1, 0.15) is 10.6 Å². The topological polar surface area (TPSA) is 154 Å². The lowest BCUT2D eigenvalue weighted by molar-refractivity contribution is -0.147. The molecule has 0 spiro atoms. The molecule has 286 valence electrons. The molecule has 7 rings (SSSR count). The molecule has 0 amide bonds. The number of nitrogens with one attached hydrogen (secondary N) is 1. The number of carbonyl (C=O) groups excluding carboxylic acids is 1. The maximum Gasteiger partial charge on any atom is 0.312 e. The number of H-pyrrole nitrogens is 1. The summed E-state index contributed by atoms with van der Waals surface area (Å²) >= 11 is 0. The van der Waals surface area contributed by atoms with Gasteiger partial charge in [0.25, 0.3) is 0 Å². The normalized spacial score (nSPS) is 21.8. The molecular weight excluding hydrogens is 737 g/mol. The Morgan fingerprint density at radius 2 is 1.76 bits per heavy atom. The van der Waals surface area contributed by atoms with Crippen LogP contribution in [-0.2, 0) is 54.5 Å². The molecule has 2 aliphatic rings. The van der Waals surface area contributed by atoms with Crippen LogP contribution in [0.2, 0.25) is 0 Å². The van der Waals surface area contributed by atoms with Gasteiger partial charge in [0.2, 0.25) is 9.84 Å². The molecule has 0 saturated heterocycles. The van der Waals surface area contributed by atoms with Crippen molar-refractivity contribution in [1.29, 1.82) is 0 Å². The Bertz CT molecular complexity index is 2520. The van der Waals surface area contributed by atoms with Crippen molar-refractivity contribution in [3.8, 4) is 11.5 Å². The van der Waals surface area contributed by atoms with Crippen LogP contribution in [0.5, 0.6) is 0 Å². The third-order valence-electron chi connectivity index (χ3n) is 11.1. The molecule has 54 heavy (non-hydrogen) atoms. The van der Waals surface area contributed by atoms with Gasteiger partial charge >= 0.3 is 5.97 Å². The van der Waals surface area contributed by atoms with Crippen molar-refractivity contribution in [2.24, 2.45) is 17.9 Å². The third-order valence-corrected chi connectivity index (χ3v) is 15.0. The zero-order valence-electron chi connectivity index (χ0n) is 30.9. The summed E-state index contributed by atoms with van der Waals surface area (Å²) in [7, 11) is -5.53. The average Bonchev–Trinajstić information content (AvgIpc) is 3.52. The van der Waals surface area contributed by atoms with Gasteiger partial charge in [-0.15, -0.1) is 0 Å². The lowest BCUT2D eigenvalue weighted by Crippen LogP contribution is -2.29. The van der Waals surface area contributed by atoms with Gasteiger partial charge < -0.3 is 9.72 Å². The second-order valence-corrected chi connectivity index (χ2v) is 19.9. The monoisotopic (exact) mass is 779 g/mol. The number of ether oxygens (including phenoxy) is 1. The van der Waals surface area contributed by atoms with Gasteiger partial charge in [-0.25, -0.2) is 35.3 Å². The van der Waals surface area contributed by atoms with Crippen LogP contribution < -0.4 is 0 Å². The number of pyridine rings is 1. The van der Waals surface area contributed by atoms with E-state index in [-0.39, 0.29) is 51.0 Å². The van der Waals surface area contributed by atoms with Crippen LogP contribution in [0.4, 0.5) is 8.78 Å². The number of hydrogen-bond donors (Lipinski definition) is 1. The minimum absolute atomic E-state index is 0.0875. The Balaban J connectivity index is 1.39. The molecule has 2 aromatic carbocycles. The van der Waals surface area contributed by atoms with Crippen LogP contribution in [-0.4, -0.2) is 66.2 Å². The summed E-state index contributed by atoms with van der Waals surface area (Å²) in [5, 5.41) is 4.92. The van der Waals surface area contributed by atoms with Crippen molar-refractivity contribution in [1.82, 2.24) is 24.7 Å². The predicted molar refractivity (Wildman–Crippen MR) is 198 cm³/mol. The maximum absolute atomic E-state index is 16.0. The van der Waals surface area contributed by atoms with E-state index in [4.69, 9.17) is 14.8 Å². The van der Waals surface area contributed by atoms with Gasteiger partial charge in [-0.3, -0.25) is 9.78 Å². The van der Waals surface area contributed by atoms with Crippen molar-refractivity contribution in [2.75, 3.05) is 18.6 Å². The summed E-state index contributed by atoms with van der Waals surface area (Å²) in [6.45, 7) is 5.76. The minimum Gasteiger partial charge on any atom is -0.469 e. The lowest BCUT2D eigenvalue weighted by Gasteiger charge is -2.31. The molecule has 1 saturated carbocycles. The summed E-state index contributed by atoms with van der Waals surface area (Å²) in [4.78, 5) is 23.3. The van der Waals surface area contributed by atoms with Crippen LogP contribution in [0, 0.1) is 22.5 Å². The number of hydrogen-bond acceptors (Lipinski definition) is 9. The lowest BCUT2D eigenvalue weighted by atomic mass is 9.75. The van der Waals surface area contributed by atoms with E-state index in [1.54, 1.807) is 7.05 Å². The highest BCUT2D eigenvalue weighted by atomic mass is 32.2. The SMILES string of the molecule is COC(=O)C1(Cc2cccc([C@@]3(C)CCCC(C)(C)CS(=O)(=O)CCc4c(c(F)c(F)c5[nH]ccc45)S(=O)(=O)c4ccnc(c4)-c4nc3nn4C)c2)CC1. The molecule has 4 heterocycles. The number of sulfone groups is 2. The molecule has 1 fully saturated rings. The number of aromatic amines is 1. The molecule has 0 unspecified atom stereocenters. The van der Waals surface area contributed by atoms with E-state index in [2.05, 4.69) is 16.0 Å². The van der Waals surface area contributed by atoms with E-state index in [0.29, 0.717) is 31.5 Å². The Labute approximate surface area is 313 Å². The molecule has 1 atom stereocenters. The molecule has 1 aliphatic carbocycles. The van der Waals surface area contributed by atoms with E-state index in [9.17, 15) is 21.6 Å². The van der Waals surface area contributed by atoms with Crippen LogP contribution in [0.15, 0.2) is 64.6 Å². The number of carbonyl (C=O) groups is 1. The largest absolute Gasteiger partial charge is 0.469 e. The predicted octanol–water partition coefficient (Wildman–Crippen LogP) is 6.44. The number of fused-ring (bicyclic) bond motifs is 8. The van der Waals surface area contributed by atoms with Gasteiger partial charge in [-0.2, -0.15) is 5.10 Å². The number of esters is 1. The molecule has 3 aromatic heterocycles. The molecule has 0 radical (unpaired) electrons. The summed E-state index contributed by atoms with van der Waals surface area (Å²) in [6.07, 6.45) is 5.92. The second-order valence-electron chi connectivity index (χ2n) is 15.8. The standard InChI is InChI=1S/C39H43F2N5O6S2/c1-37(2)13-7-14-38(3,25-9-6-8-24(20-25)22-39(15-16-39)36(47)52-5)35-44-34(46(4)45-35)29-21-26(10-17-42-29)54(50,51)33-28(12-19-53(48,49)23-37)27-11-18-43-32(27)30(40)31(33)41/h6,8-11,17-18,20-21,43H,7,12-16,19,22-23H2,1-5H3/t38-/m1/s1. The summed E-state index contributed by atoms with van der Waals surface area (Å²) in [5.74, 6) is -3.19. The van der Waals surface area contributed by atoms with Crippen LogP contribution in [0.3, 0.4) is 0 Å². The van der Waals surface area contributed by atoms with Gasteiger partial charge in [0.15, 0.2) is 33.1 Å². The average molecular weight is 780 g/mol. The molecular formula is C39H43F2N5O6S2. The fraction of sp³-hybridized carbons (Fsp3) is 0.436. The van der Waals surface area contributed by atoms with E-state index in [0.717, 1.165) is 24.0 Å². The highest BCUT2D eigenvalue weighted by Crippen LogP contribution is 2.50. The fourth-order valence-electron chi connectivity index (χ4n) is 7.99. The first-order valence-corrected chi connectivity index (χ1v) is 21.2. The first kappa shape index (κ1) is 37.8. The quantitative estimate of drug-likeness (QED) is 0.203. The fourth-order valence-corrected chi connectivity index (χ4v) is 11.6. The number of benzene rings is 2. The van der Waals surface area contributed by atoms with Crippen LogP contribution in [0.1, 0.15) is 75.4 Å². The molecule has 15 heteroatoms. The van der Waals surface area contributed by atoms with E-state index >= 15 is 8.78 Å². The smallest absolute Gasteiger partial charge is 0.312 e. The zero-order valence-corrected chi connectivity index (χ0v) is 32.5. The molecule has 1 aliphatic heterocycles. The molecule has 1 N–H and O–H groups in total. The van der Waals surface area contributed by atoms with Crippen molar-refractivity contribution in [3.05, 3.63) is 89.0 Å². The number of methoxy groups -OCH3 is 1. The molecule has 4 bridgehead atoms. The van der Waals surface area contributed by atoms with Gasteiger partial charge in [-0.1, -0.05) is 44.5 Å². The number of aryl methyl sites for hydroxylation is 2. The highest BCUT2D eigenvalue weighted by molar-refractivity contribution is 7.92. The van der Waals surface area contributed by atoms with Crippen molar-refractivity contribution in [3.63, 3.8) is 0 Å². The number of aromatic nitrogens is 5. The molecule has 5 aromatic rings. The van der Waals surface area contributed by atoms with Crippen molar-refractivity contribution < 1.29 is 35.1 Å². The Hall–Kier alpha value is -4.50. The van der Waals surface area contributed by atoms with Crippen LogP contribution >= 0.6 is 0 Å². The van der Waals surface area contributed by atoms with E-state index in [1.165, 1.54) is 42.4 Å². The summed E-state index contributed by atoms with van der Waals surface area (Å²) < 4.78 is 94.2. The van der Waals surface area contributed by atoms with Crippen molar-refractivity contribution in [2.45, 2.75) is 80.9 Å². The summed E-state index contributed by atoms with van der Waals surface area (Å²) in [5.41, 5.74) is -0.417.